The predicted octanol–water partition coefficient (Wildman–Crippen LogP) is -0.274. The first-order valence-corrected chi connectivity index (χ1v) is 3.17. The molecule has 0 amide bonds. The van der Waals surface area contributed by atoms with Gasteiger partial charge < -0.3 is 0 Å². The van der Waals surface area contributed by atoms with E-state index in [4.69, 9.17) is 0 Å². The second-order valence-corrected chi connectivity index (χ2v) is 2.30. The number of H-pyrrole nitrogens is 1. The molecule has 2 rings (SSSR count). The largest absolute Gasteiger partial charge is 0.268 e. The van der Waals surface area contributed by atoms with Crippen molar-refractivity contribution >= 4 is 5.65 Å². The number of rotatable bonds is 0. The summed E-state index contributed by atoms with van der Waals surface area (Å²) in [7, 11) is 0. The Kier molecular flexibility index (Phi) is 1.06. The van der Waals surface area contributed by atoms with Crippen LogP contribution in [0.4, 0.5) is 0 Å². The molecule has 11 heavy (non-hydrogen) atoms. The Hall–Kier alpha value is -1.65. The lowest BCUT2D eigenvalue weighted by atomic mass is 10.3. The molecule has 2 aromatic heterocycles. The molecule has 0 radical (unpaired) electrons. The van der Waals surface area contributed by atoms with Crippen LogP contribution in [0.15, 0.2) is 17.2 Å². The smallest absolute Gasteiger partial charge is 0.264 e. The first-order valence-electron chi connectivity index (χ1n) is 3.17. The molecule has 0 aliphatic carbocycles. The molecule has 0 bridgehead atoms. The lowest BCUT2D eigenvalue weighted by Gasteiger charge is -1.92. The van der Waals surface area contributed by atoms with Crippen LogP contribution in [0.5, 0.6) is 0 Å². The van der Waals surface area contributed by atoms with Crippen molar-refractivity contribution in [3.05, 3.63) is 28.3 Å². The van der Waals surface area contributed by atoms with Gasteiger partial charge in [-0.05, 0) is 6.92 Å². The van der Waals surface area contributed by atoms with Crippen molar-refractivity contribution in [1.29, 1.82) is 0 Å². The number of hydrogen-bond donors (Lipinski definition) is 1. The predicted molar refractivity (Wildman–Crippen MR) is 38.3 cm³/mol. The average Bonchev–Trinajstić information content (AvgIpc) is 2.34. The Bertz CT molecular complexity index is 441. The van der Waals surface area contributed by atoms with Crippen LogP contribution in [0.25, 0.3) is 5.65 Å². The van der Waals surface area contributed by atoms with Gasteiger partial charge in [-0.25, -0.2) is 10.1 Å². The van der Waals surface area contributed by atoms with Crippen molar-refractivity contribution in [1.82, 2.24) is 19.8 Å². The van der Waals surface area contributed by atoms with Crippen molar-refractivity contribution < 1.29 is 0 Å². The van der Waals surface area contributed by atoms with Gasteiger partial charge in [0, 0.05) is 11.6 Å². The molecule has 0 unspecified atom stereocenters. The summed E-state index contributed by atoms with van der Waals surface area (Å²) >= 11 is 0. The zero-order chi connectivity index (χ0) is 7.84. The Balaban J connectivity index is 3.02. The lowest BCUT2D eigenvalue weighted by molar-refractivity contribution is 0.777. The standard InChI is InChI=1S/C6H6N4O/c1-4-2-5(11)9-10-6(4)7-3-8-10/h2-3H,1H3,(H,9,11). The number of hydrogen-bond acceptors (Lipinski definition) is 3. The van der Waals surface area contributed by atoms with Crippen molar-refractivity contribution in [2.24, 2.45) is 0 Å². The van der Waals surface area contributed by atoms with E-state index in [9.17, 15) is 4.79 Å². The molecule has 0 atom stereocenters. The van der Waals surface area contributed by atoms with E-state index < -0.39 is 0 Å². The molecule has 1 N–H and O–H groups in total. The topological polar surface area (TPSA) is 63.0 Å². The van der Waals surface area contributed by atoms with Crippen LogP contribution in [0.1, 0.15) is 5.56 Å². The first kappa shape index (κ1) is 6.09. The number of nitrogens with zero attached hydrogens (tertiary/aromatic N) is 3. The highest BCUT2D eigenvalue weighted by molar-refractivity contribution is 5.42. The minimum atomic E-state index is -0.166. The SMILES string of the molecule is Cc1cc(=O)[nH]n2ncnc12. The third-order valence-corrected chi connectivity index (χ3v) is 1.46. The molecule has 5 heteroatoms. The van der Waals surface area contributed by atoms with Gasteiger partial charge in [0.15, 0.2) is 5.65 Å². The van der Waals surface area contributed by atoms with Gasteiger partial charge >= 0.3 is 0 Å². The number of fused-ring (bicyclic) bond motifs is 1. The average molecular weight is 150 g/mol. The van der Waals surface area contributed by atoms with E-state index >= 15 is 0 Å². The molecule has 0 saturated heterocycles. The van der Waals surface area contributed by atoms with Crippen molar-refractivity contribution in [3.8, 4) is 0 Å². The monoisotopic (exact) mass is 150 g/mol. The molecule has 0 fully saturated rings. The van der Waals surface area contributed by atoms with Gasteiger partial charge in [0.1, 0.15) is 6.33 Å². The fraction of sp³-hybridized carbons (Fsp3) is 0.167. The summed E-state index contributed by atoms with van der Waals surface area (Å²) < 4.78 is 1.36. The van der Waals surface area contributed by atoms with Crippen LogP contribution in [-0.4, -0.2) is 19.8 Å². The summed E-state index contributed by atoms with van der Waals surface area (Å²) in [5.74, 6) is 0. The molecule has 2 aromatic rings. The van der Waals surface area contributed by atoms with E-state index in [1.54, 1.807) is 0 Å². The minimum Gasteiger partial charge on any atom is -0.268 e. The summed E-state index contributed by atoms with van der Waals surface area (Å²) in [5, 5.41) is 6.29. The molecule has 0 spiro atoms. The molecule has 0 aliphatic rings. The highest BCUT2D eigenvalue weighted by Crippen LogP contribution is 1.98. The summed E-state index contributed by atoms with van der Waals surface area (Å²) in [4.78, 5) is 14.8. The number of aryl methyl sites for hydroxylation is 1. The van der Waals surface area contributed by atoms with Gasteiger partial charge in [-0.3, -0.25) is 4.79 Å². The maximum Gasteiger partial charge on any atom is 0.264 e. The van der Waals surface area contributed by atoms with E-state index in [0.717, 1.165) is 5.56 Å². The number of nitrogens with one attached hydrogen (secondary N) is 1. The molecule has 5 nitrogen and oxygen atoms in total. The Morgan fingerprint density at radius 1 is 1.64 bits per heavy atom. The molecule has 0 saturated carbocycles. The van der Waals surface area contributed by atoms with E-state index in [1.165, 1.54) is 17.0 Å². The Labute approximate surface area is 61.7 Å². The van der Waals surface area contributed by atoms with E-state index in [0.29, 0.717) is 5.65 Å². The molecule has 2 heterocycles. The van der Waals surface area contributed by atoms with Crippen LogP contribution >= 0.6 is 0 Å². The van der Waals surface area contributed by atoms with Crippen LogP contribution in [0.2, 0.25) is 0 Å². The maximum atomic E-state index is 10.9. The van der Waals surface area contributed by atoms with Crippen LogP contribution in [-0.2, 0) is 0 Å². The minimum absolute atomic E-state index is 0.166. The highest BCUT2D eigenvalue weighted by atomic mass is 16.1. The van der Waals surface area contributed by atoms with Gasteiger partial charge in [0.05, 0.1) is 0 Å². The zero-order valence-corrected chi connectivity index (χ0v) is 5.90. The second-order valence-electron chi connectivity index (χ2n) is 2.30. The van der Waals surface area contributed by atoms with Crippen LogP contribution in [0, 0.1) is 6.92 Å². The second kappa shape index (κ2) is 1.91. The maximum absolute atomic E-state index is 10.9. The summed E-state index contributed by atoms with van der Waals surface area (Å²) in [6, 6.07) is 1.49. The van der Waals surface area contributed by atoms with Crippen molar-refractivity contribution in [2.75, 3.05) is 0 Å². The fourth-order valence-electron chi connectivity index (χ4n) is 0.990. The molecule has 0 aliphatic heterocycles. The quantitative estimate of drug-likeness (QED) is 0.562. The summed E-state index contributed by atoms with van der Waals surface area (Å²) in [6.07, 6.45) is 1.40. The van der Waals surface area contributed by atoms with Gasteiger partial charge in [-0.1, -0.05) is 0 Å². The Morgan fingerprint density at radius 2 is 2.45 bits per heavy atom. The van der Waals surface area contributed by atoms with E-state index in [-0.39, 0.29) is 5.56 Å². The molecule has 56 valence electrons. The normalized spacial score (nSPS) is 10.6. The number of aromatic amines is 1. The zero-order valence-electron chi connectivity index (χ0n) is 5.90. The highest BCUT2D eigenvalue weighted by Gasteiger charge is 1.98. The van der Waals surface area contributed by atoms with Crippen molar-refractivity contribution in [2.45, 2.75) is 6.92 Å². The van der Waals surface area contributed by atoms with Gasteiger partial charge in [-0.15, -0.1) is 5.10 Å². The molecule has 0 aromatic carbocycles. The molecular formula is C6H6N4O. The lowest BCUT2D eigenvalue weighted by Crippen LogP contribution is -2.11. The summed E-state index contributed by atoms with van der Waals surface area (Å²) in [6.45, 7) is 1.82. The summed E-state index contributed by atoms with van der Waals surface area (Å²) in [5.41, 5.74) is 1.34. The van der Waals surface area contributed by atoms with Gasteiger partial charge in [0.2, 0.25) is 0 Å². The molecular weight excluding hydrogens is 144 g/mol. The van der Waals surface area contributed by atoms with Crippen molar-refractivity contribution in [3.63, 3.8) is 0 Å². The third-order valence-electron chi connectivity index (χ3n) is 1.46. The third kappa shape index (κ3) is 0.813. The van der Waals surface area contributed by atoms with Gasteiger partial charge in [-0.2, -0.15) is 4.63 Å². The van der Waals surface area contributed by atoms with Crippen LogP contribution < -0.4 is 5.56 Å². The number of aromatic nitrogens is 4. The first-order chi connectivity index (χ1) is 5.27. The van der Waals surface area contributed by atoms with Crippen LogP contribution in [0.3, 0.4) is 0 Å². The Morgan fingerprint density at radius 3 is 3.27 bits per heavy atom. The van der Waals surface area contributed by atoms with E-state index in [2.05, 4.69) is 15.2 Å². The fourth-order valence-corrected chi connectivity index (χ4v) is 0.990. The van der Waals surface area contributed by atoms with Gasteiger partial charge in [0.25, 0.3) is 5.56 Å². The van der Waals surface area contributed by atoms with E-state index in [1.807, 2.05) is 6.92 Å².